The third-order valence-electron chi connectivity index (χ3n) is 12.1. The van der Waals surface area contributed by atoms with E-state index in [-0.39, 0.29) is 58.7 Å². The number of hydrogen-bond acceptors (Lipinski definition) is 7. The number of ether oxygens (including phenoxy) is 1. The second kappa shape index (κ2) is 12.3. The molecule has 3 aliphatic carbocycles. The number of carboxylic acid groups (broad SMARTS) is 1. The Morgan fingerprint density at radius 2 is 2.04 bits per heavy atom. The van der Waals surface area contributed by atoms with Crippen LogP contribution < -0.4 is 10.9 Å². The number of nitrogens with one attached hydrogen (secondary N) is 1. The van der Waals surface area contributed by atoms with Crippen molar-refractivity contribution in [3.63, 3.8) is 0 Å². The van der Waals surface area contributed by atoms with Crippen LogP contribution in [-0.4, -0.2) is 91.8 Å². The number of carbonyl (C=O) groups is 1. The number of thioether (sulfide) groups is 1. The van der Waals surface area contributed by atoms with Crippen LogP contribution in [0.3, 0.4) is 0 Å². The summed E-state index contributed by atoms with van der Waals surface area (Å²) in [6.45, 7) is 6.08. The first-order valence-corrected chi connectivity index (χ1v) is 18.5. The average Bonchev–Trinajstić information content (AvgIpc) is 3.29. The number of aryl methyl sites for hydroxylation is 2. The summed E-state index contributed by atoms with van der Waals surface area (Å²) in [5, 5.41) is 13.7. The number of piperidine rings is 2. The second-order valence-electron chi connectivity index (χ2n) is 14.9. The maximum Gasteiger partial charge on any atom is 0.308 e. The average molecular weight is 669 g/mol. The van der Waals surface area contributed by atoms with Gasteiger partial charge in [0.1, 0.15) is 5.82 Å². The first kappa shape index (κ1) is 32.3. The summed E-state index contributed by atoms with van der Waals surface area (Å²) in [6.07, 6.45) is 7.08. The zero-order valence-corrected chi connectivity index (χ0v) is 27.9. The van der Waals surface area contributed by atoms with Crippen LogP contribution in [-0.2, 0) is 28.9 Å². The molecule has 8 nitrogen and oxygen atoms in total. The number of rotatable bonds is 7. The van der Waals surface area contributed by atoms with Crippen LogP contribution in [0.4, 0.5) is 8.78 Å². The lowest BCUT2D eigenvalue weighted by molar-refractivity contribution is -0.142. The van der Waals surface area contributed by atoms with E-state index in [2.05, 4.69) is 17.1 Å². The number of hydrogen-bond donors (Lipinski definition) is 2. The quantitative estimate of drug-likeness (QED) is 0.410. The van der Waals surface area contributed by atoms with Gasteiger partial charge in [0.2, 0.25) is 0 Å². The van der Waals surface area contributed by atoms with Gasteiger partial charge in [-0.15, -0.1) is 11.6 Å². The molecular formula is C33H47ClF2N4O4S. The smallest absolute Gasteiger partial charge is 0.308 e. The van der Waals surface area contributed by atoms with Crippen LogP contribution in [0.2, 0.25) is 0 Å². The summed E-state index contributed by atoms with van der Waals surface area (Å²) in [5.41, 5.74) is 0.724. The predicted octanol–water partition coefficient (Wildman–Crippen LogP) is 4.51. The minimum Gasteiger partial charge on any atom is -0.481 e. The van der Waals surface area contributed by atoms with Crippen molar-refractivity contribution in [2.24, 2.45) is 23.2 Å². The minimum atomic E-state index is -2.55. The Balaban J connectivity index is 1.02. The molecule has 0 aromatic carbocycles. The Labute approximate surface area is 273 Å². The highest BCUT2D eigenvalue weighted by atomic mass is 35.5. The van der Waals surface area contributed by atoms with E-state index >= 15 is 0 Å². The van der Waals surface area contributed by atoms with Crippen LogP contribution in [0.5, 0.6) is 0 Å². The lowest BCUT2D eigenvalue weighted by Gasteiger charge is -2.47. The number of nitrogens with zero attached hydrogens (tertiary/aromatic N) is 3. The lowest BCUT2D eigenvalue weighted by Crippen LogP contribution is -2.57. The number of aromatic nitrogens is 2. The lowest BCUT2D eigenvalue weighted by atomic mass is 9.70. The Morgan fingerprint density at radius 3 is 2.80 bits per heavy atom. The van der Waals surface area contributed by atoms with Gasteiger partial charge in [0.15, 0.2) is 0 Å². The van der Waals surface area contributed by atoms with Crippen molar-refractivity contribution in [2.45, 2.75) is 125 Å². The summed E-state index contributed by atoms with van der Waals surface area (Å²) < 4.78 is 36.7. The normalized spacial score (nSPS) is 41.0. The molecule has 4 heterocycles. The molecule has 0 bridgehead atoms. The zero-order chi connectivity index (χ0) is 31.7. The molecule has 2 saturated carbocycles. The molecule has 2 N–H and O–H groups in total. The van der Waals surface area contributed by atoms with E-state index in [0.717, 1.165) is 56.3 Å². The third kappa shape index (κ3) is 6.00. The highest BCUT2D eigenvalue weighted by molar-refractivity contribution is 8.00. The van der Waals surface area contributed by atoms with Crippen molar-refractivity contribution in [3.05, 3.63) is 27.4 Å². The molecule has 3 aliphatic heterocycles. The van der Waals surface area contributed by atoms with Crippen molar-refractivity contribution in [1.82, 2.24) is 19.8 Å². The molecule has 5 fully saturated rings. The number of halogens is 3. The van der Waals surface area contributed by atoms with Crippen LogP contribution in [0, 0.1) is 30.1 Å². The van der Waals surface area contributed by atoms with E-state index in [1.165, 1.54) is 0 Å². The highest BCUT2D eigenvalue weighted by Crippen LogP contribution is 2.64. The standard InChI is InChI=1S/C33H47ClF2N4O4S/c1-18-12-23(29-28(37-18)25(15-45-29)31(42)43)22-13-20(34)4-7-27(22)44-11-10-40-19(2)38-26-6-5-21(14-24(26)30(40)41)39-9-3-8-32(17-39)16-33(32,35)36/h18,20-23,25,27-29,37H,3-17H2,1-2H3,(H,42,43)/t18?,20?,21-,22?,23?,25?,27?,28?,29?,32-/m1/s1. The van der Waals surface area contributed by atoms with E-state index in [0.29, 0.717) is 56.5 Å². The molecule has 1 spiro atoms. The maximum absolute atomic E-state index is 14.2. The van der Waals surface area contributed by atoms with Crippen molar-refractivity contribution in [1.29, 1.82) is 0 Å². The number of carboxylic acids is 1. The maximum atomic E-state index is 14.2. The van der Waals surface area contributed by atoms with Gasteiger partial charge in [-0.2, -0.15) is 11.8 Å². The summed E-state index contributed by atoms with van der Waals surface area (Å²) in [4.78, 5) is 32.9. The molecule has 8 unspecified atom stereocenters. The third-order valence-corrected chi connectivity index (χ3v) is 14.1. The zero-order valence-electron chi connectivity index (χ0n) is 26.4. The van der Waals surface area contributed by atoms with Crippen molar-refractivity contribution >= 4 is 29.3 Å². The van der Waals surface area contributed by atoms with Gasteiger partial charge in [-0.1, -0.05) is 0 Å². The first-order valence-electron chi connectivity index (χ1n) is 17.0. The SMILES string of the molecule is Cc1nc2c(c(=O)n1CCOC1CCC(Cl)CC1C1CC(C)NC3C(C(=O)O)CSC13)C[C@H](N1CCC[C@]3(C1)CC3(F)F)CC2. The Hall–Kier alpha value is -1.27. The number of fused-ring (bicyclic) bond motifs is 2. The van der Waals surface area contributed by atoms with Gasteiger partial charge >= 0.3 is 5.97 Å². The molecule has 1 aromatic rings. The molecule has 10 atom stereocenters. The van der Waals surface area contributed by atoms with Crippen LogP contribution >= 0.6 is 23.4 Å². The molecule has 45 heavy (non-hydrogen) atoms. The van der Waals surface area contributed by atoms with Crippen LogP contribution in [0.15, 0.2) is 4.79 Å². The van der Waals surface area contributed by atoms with Crippen LogP contribution in [0.25, 0.3) is 0 Å². The van der Waals surface area contributed by atoms with E-state index in [4.69, 9.17) is 21.3 Å². The number of aliphatic carboxylic acids is 1. The van der Waals surface area contributed by atoms with Gasteiger partial charge in [0.25, 0.3) is 11.5 Å². The predicted molar refractivity (Wildman–Crippen MR) is 170 cm³/mol. The fourth-order valence-electron chi connectivity index (χ4n) is 9.60. The molecule has 0 amide bonds. The van der Waals surface area contributed by atoms with Gasteiger partial charge in [0.05, 0.1) is 36.3 Å². The number of alkyl halides is 3. The van der Waals surface area contributed by atoms with Crippen molar-refractivity contribution < 1.29 is 23.4 Å². The van der Waals surface area contributed by atoms with Crippen molar-refractivity contribution in [3.8, 4) is 0 Å². The first-order chi connectivity index (χ1) is 21.5. The molecule has 3 saturated heterocycles. The van der Waals surface area contributed by atoms with E-state index in [9.17, 15) is 23.5 Å². The molecule has 250 valence electrons. The summed E-state index contributed by atoms with van der Waals surface area (Å²) in [6, 6.07) is 0.293. The van der Waals surface area contributed by atoms with Gasteiger partial charge in [0, 0.05) is 53.0 Å². The van der Waals surface area contributed by atoms with E-state index in [1.54, 1.807) is 16.3 Å². The minimum absolute atomic E-state index is 0.000350. The van der Waals surface area contributed by atoms with Crippen molar-refractivity contribution in [2.75, 3.05) is 25.4 Å². The van der Waals surface area contributed by atoms with Gasteiger partial charge in [-0.25, -0.2) is 13.8 Å². The summed E-state index contributed by atoms with van der Waals surface area (Å²) in [5.74, 6) is -1.77. The monoisotopic (exact) mass is 668 g/mol. The Bertz CT molecular complexity index is 1370. The molecule has 7 rings (SSSR count). The highest BCUT2D eigenvalue weighted by Gasteiger charge is 2.71. The molecule has 6 aliphatic rings. The number of likely N-dealkylation sites (tertiary alicyclic amines) is 1. The van der Waals surface area contributed by atoms with Gasteiger partial charge in [-0.3, -0.25) is 19.1 Å². The van der Waals surface area contributed by atoms with E-state index < -0.39 is 17.3 Å². The summed E-state index contributed by atoms with van der Waals surface area (Å²) in [7, 11) is 0. The van der Waals surface area contributed by atoms with Gasteiger partial charge in [-0.05, 0) is 90.0 Å². The fraction of sp³-hybridized carbons (Fsp3) is 0.848. The molecule has 0 radical (unpaired) electrons. The molecular weight excluding hydrogens is 622 g/mol. The second-order valence-corrected chi connectivity index (χ2v) is 16.7. The Morgan fingerprint density at radius 1 is 1.24 bits per heavy atom. The molecule has 1 aromatic heterocycles. The fourth-order valence-corrected chi connectivity index (χ4v) is 11.7. The van der Waals surface area contributed by atoms with Crippen LogP contribution in [0.1, 0.15) is 75.4 Å². The Kier molecular flexibility index (Phi) is 8.84. The topological polar surface area (TPSA) is 96.7 Å². The largest absolute Gasteiger partial charge is 0.481 e. The van der Waals surface area contributed by atoms with E-state index in [1.807, 2.05) is 6.92 Å². The summed E-state index contributed by atoms with van der Waals surface area (Å²) >= 11 is 8.51. The van der Waals surface area contributed by atoms with Gasteiger partial charge < -0.3 is 15.2 Å². The molecule has 12 heteroatoms.